The molecular weight excluding hydrogens is 450 g/mol. The number of carbonyl (C=O) groups excluding carboxylic acids is 3. The van der Waals surface area contributed by atoms with Crippen molar-refractivity contribution in [2.45, 2.75) is 36.1 Å². The second kappa shape index (κ2) is 8.89. The van der Waals surface area contributed by atoms with Gasteiger partial charge in [0.2, 0.25) is 5.91 Å². The minimum Gasteiger partial charge on any atom is -0.477 e. The van der Waals surface area contributed by atoms with Crippen molar-refractivity contribution in [3.63, 3.8) is 0 Å². The van der Waals surface area contributed by atoms with Gasteiger partial charge < -0.3 is 16.2 Å². The lowest BCUT2D eigenvalue weighted by atomic mass is 9.98. The lowest BCUT2D eigenvalue weighted by Gasteiger charge is -2.51. The summed E-state index contributed by atoms with van der Waals surface area (Å²) in [6.45, 7) is 1.56. The number of benzene rings is 1. The van der Waals surface area contributed by atoms with E-state index in [1.807, 2.05) is 17.5 Å². The average molecular weight is 472 g/mol. The third-order valence-electron chi connectivity index (χ3n) is 5.49. The maximum atomic E-state index is 13.0. The molecule has 1 aromatic carbocycles. The number of ketones is 1. The lowest BCUT2D eigenvalue weighted by molar-refractivity contribution is -0.151. The Bertz CT molecular complexity index is 1100. The lowest BCUT2D eigenvalue weighted by Crippen LogP contribution is -2.71. The molecule has 2 amide bonds. The zero-order valence-electron chi connectivity index (χ0n) is 17.1. The molecule has 0 bridgehead atoms. The van der Waals surface area contributed by atoms with Gasteiger partial charge in [-0.15, -0.1) is 23.1 Å². The van der Waals surface area contributed by atoms with Gasteiger partial charge in [-0.2, -0.15) is 0 Å². The standard InChI is InChI=1S/C22H21N3O5S2/c1-11-17(22(29)30)25-20(28)16(24-19(27)15(23)12-6-3-2-4-7-12)21(25)32-18(11)14(26)10-13-8-5-9-31-13/h2-9,15-16,18,21H,10,23H2,1H3,(H,24,27)(H,29,30)/t15-,16-,18?,21-/m1/s1. The number of β-lactam (4-membered cyclic amide) rings is 1. The number of carboxylic acids is 1. The molecular formula is C22H21N3O5S2. The number of Topliss-reactive ketones (excluding diaryl/α,β-unsaturated/α-hetero) is 1. The van der Waals surface area contributed by atoms with Crippen LogP contribution in [0.2, 0.25) is 0 Å². The van der Waals surface area contributed by atoms with E-state index in [-0.39, 0.29) is 17.9 Å². The Balaban J connectivity index is 1.54. The molecule has 2 aliphatic rings. The van der Waals surface area contributed by atoms with Crippen LogP contribution in [0.5, 0.6) is 0 Å². The minimum absolute atomic E-state index is 0.140. The van der Waals surface area contributed by atoms with Crippen molar-refractivity contribution >= 4 is 46.7 Å². The van der Waals surface area contributed by atoms with Crippen LogP contribution in [0.4, 0.5) is 0 Å². The van der Waals surface area contributed by atoms with Crippen LogP contribution in [0.25, 0.3) is 0 Å². The first kappa shape index (κ1) is 22.3. The van der Waals surface area contributed by atoms with Gasteiger partial charge in [0.25, 0.3) is 5.91 Å². The van der Waals surface area contributed by atoms with E-state index in [9.17, 15) is 24.3 Å². The van der Waals surface area contributed by atoms with Gasteiger partial charge in [-0.3, -0.25) is 19.3 Å². The van der Waals surface area contributed by atoms with Crippen molar-refractivity contribution < 1.29 is 24.3 Å². The molecule has 0 saturated carbocycles. The van der Waals surface area contributed by atoms with E-state index in [1.165, 1.54) is 23.1 Å². The van der Waals surface area contributed by atoms with Gasteiger partial charge >= 0.3 is 5.97 Å². The highest BCUT2D eigenvalue weighted by Gasteiger charge is 2.56. The topological polar surface area (TPSA) is 130 Å². The van der Waals surface area contributed by atoms with Crippen LogP contribution in [0.15, 0.2) is 59.1 Å². The molecule has 1 unspecified atom stereocenters. The Morgan fingerprint density at radius 3 is 2.53 bits per heavy atom. The summed E-state index contributed by atoms with van der Waals surface area (Å²) in [6.07, 6.45) is 0.177. The molecule has 10 heteroatoms. The molecule has 166 valence electrons. The summed E-state index contributed by atoms with van der Waals surface area (Å²) in [7, 11) is 0. The highest BCUT2D eigenvalue weighted by atomic mass is 32.2. The monoisotopic (exact) mass is 471 g/mol. The summed E-state index contributed by atoms with van der Waals surface area (Å²) < 4.78 is 0. The highest BCUT2D eigenvalue weighted by molar-refractivity contribution is 8.01. The third kappa shape index (κ3) is 3.96. The zero-order valence-corrected chi connectivity index (χ0v) is 18.7. The van der Waals surface area contributed by atoms with E-state index in [0.29, 0.717) is 11.1 Å². The molecule has 4 N–H and O–H groups in total. The first-order chi connectivity index (χ1) is 15.3. The normalized spacial score (nSPS) is 23.2. The van der Waals surface area contributed by atoms with Crippen molar-refractivity contribution in [2.24, 2.45) is 5.73 Å². The van der Waals surface area contributed by atoms with Gasteiger partial charge in [-0.1, -0.05) is 36.4 Å². The van der Waals surface area contributed by atoms with Crippen molar-refractivity contribution in [1.29, 1.82) is 0 Å². The van der Waals surface area contributed by atoms with Gasteiger partial charge in [0.1, 0.15) is 23.2 Å². The molecule has 4 rings (SSSR count). The molecule has 8 nitrogen and oxygen atoms in total. The largest absolute Gasteiger partial charge is 0.477 e. The number of nitrogens with two attached hydrogens (primary N) is 1. The molecule has 0 spiro atoms. The summed E-state index contributed by atoms with van der Waals surface area (Å²) in [5, 5.41) is 12.8. The number of thiophene rings is 1. The number of nitrogens with zero attached hydrogens (tertiary/aromatic N) is 1. The quantitative estimate of drug-likeness (QED) is 0.524. The number of rotatable bonds is 7. The van der Waals surface area contributed by atoms with Gasteiger partial charge in [0, 0.05) is 11.3 Å². The minimum atomic E-state index is -1.28. The number of amides is 2. The van der Waals surface area contributed by atoms with Crippen LogP contribution >= 0.6 is 23.1 Å². The number of carbonyl (C=O) groups is 4. The van der Waals surface area contributed by atoms with Crippen LogP contribution in [-0.4, -0.2) is 50.2 Å². The number of carboxylic acid groups (broad SMARTS) is 1. The number of aliphatic carboxylic acids is 1. The Labute approximate surface area is 192 Å². The Morgan fingerprint density at radius 1 is 1.19 bits per heavy atom. The SMILES string of the molecule is CC1=C(C(=O)O)N2C(=O)[C@@H](NC(=O)[C@H](N)c3ccccc3)[C@H]2SC1C(=O)Cc1cccs1. The van der Waals surface area contributed by atoms with Gasteiger partial charge in [-0.25, -0.2) is 4.79 Å². The second-order valence-corrected chi connectivity index (χ2v) is 9.81. The predicted octanol–water partition coefficient (Wildman–Crippen LogP) is 1.69. The maximum Gasteiger partial charge on any atom is 0.352 e. The van der Waals surface area contributed by atoms with E-state index in [2.05, 4.69) is 5.32 Å². The first-order valence-electron chi connectivity index (χ1n) is 9.88. The van der Waals surface area contributed by atoms with Gasteiger partial charge in [0.15, 0.2) is 5.78 Å². The van der Waals surface area contributed by atoms with Crippen LogP contribution in [0.3, 0.4) is 0 Å². The fourth-order valence-corrected chi connectivity index (χ4v) is 6.07. The summed E-state index contributed by atoms with van der Waals surface area (Å²) in [6, 6.07) is 10.5. The summed E-state index contributed by atoms with van der Waals surface area (Å²) in [5.41, 5.74) is 6.76. The first-order valence-corrected chi connectivity index (χ1v) is 11.7. The molecule has 2 aliphatic heterocycles. The average Bonchev–Trinajstić information content (AvgIpc) is 3.29. The zero-order chi connectivity index (χ0) is 23.0. The van der Waals surface area contributed by atoms with E-state index < -0.39 is 40.5 Å². The molecule has 32 heavy (non-hydrogen) atoms. The van der Waals surface area contributed by atoms with E-state index in [0.717, 1.165) is 9.78 Å². The molecule has 1 aromatic heterocycles. The van der Waals surface area contributed by atoms with E-state index in [1.54, 1.807) is 37.3 Å². The predicted molar refractivity (Wildman–Crippen MR) is 121 cm³/mol. The molecule has 1 saturated heterocycles. The second-order valence-electron chi connectivity index (χ2n) is 7.55. The highest BCUT2D eigenvalue weighted by Crippen LogP contribution is 2.44. The van der Waals surface area contributed by atoms with Crippen LogP contribution in [0.1, 0.15) is 23.4 Å². The van der Waals surface area contributed by atoms with Crippen LogP contribution in [-0.2, 0) is 25.6 Å². The Hall–Kier alpha value is -2.95. The fourth-order valence-electron chi connectivity index (χ4n) is 3.85. The third-order valence-corrected chi connectivity index (χ3v) is 8.02. The van der Waals surface area contributed by atoms with Gasteiger partial charge in [0.05, 0.1) is 5.25 Å². The van der Waals surface area contributed by atoms with Crippen molar-refractivity contribution in [3.8, 4) is 0 Å². The van der Waals surface area contributed by atoms with E-state index in [4.69, 9.17) is 5.73 Å². The van der Waals surface area contributed by atoms with Crippen molar-refractivity contribution in [3.05, 3.63) is 69.6 Å². The molecule has 3 heterocycles. The Kier molecular flexibility index (Phi) is 6.18. The van der Waals surface area contributed by atoms with Crippen molar-refractivity contribution in [2.75, 3.05) is 0 Å². The number of hydrogen-bond acceptors (Lipinski definition) is 7. The van der Waals surface area contributed by atoms with Crippen LogP contribution in [0, 0.1) is 0 Å². The molecule has 2 aromatic rings. The Morgan fingerprint density at radius 2 is 1.91 bits per heavy atom. The number of hydrogen-bond donors (Lipinski definition) is 3. The summed E-state index contributed by atoms with van der Waals surface area (Å²) >= 11 is 2.64. The van der Waals surface area contributed by atoms with Gasteiger partial charge in [-0.05, 0) is 29.5 Å². The van der Waals surface area contributed by atoms with E-state index >= 15 is 0 Å². The smallest absolute Gasteiger partial charge is 0.352 e. The number of nitrogens with one attached hydrogen (secondary N) is 1. The number of thioether (sulfide) groups is 1. The fraction of sp³-hybridized carbons (Fsp3) is 0.273. The number of fused-ring (bicyclic) bond motifs is 1. The molecule has 0 radical (unpaired) electrons. The molecule has 1 fully saturated rings. The van der Waals surface area contributed by atoms with Crippen LogP contribution < -0.4 is 11.1 Å². The molecule has 4 atom stereocenters. The molecule has 0 aliphatic carbocycles. The van der Waals surface area contributed by atoms with Crippen molar-refractivity contribution in [1.82, 2.24) is 10.2 Å². The summed E-state index contributed by atoms with van der Waals surface area (Å²) in [5.74, 6) is -2.49. The summed E-state index contributed by atoms with van der Waals surface area (Å²) in [4.78, 5) is 52.4. The maximum absolute atomic E-state index is 13.0.